The van der Waals surface area contributed by atoms with Crippen molar-refractivity contribution >= 4 is 11.6 Å². The van der Waals surface area contributed by atoms with Crippen molar-refractivity contribution in [2.24, 2.45) is 0 Å². The van der Waals surface area contributed by atoms with Crippen molar-refractivity contribution in [1.29, 1.82) is 0 Å². The van der Waals surface area contributed by atoms with Crippen LogP contribution in [0, 0.1) is 0 Å². The molecule has 0 unspecified atom stereocenters. The molecule has 0 bridgehead atoms. The van der Waals surface area contributed by atoms with Crippen molar-refractivity contribution in [3.8, 4) is 0 Å². The van der Waals surface area contributed by atoms with Gasteiger partial charge in [-0.15, -0.1) is 0 Å². The minimum Gasteiger partial charge on any atom is -0.392 e. The highest BCUT2D eigenvalue weighted by Crippen LogP contribution is 2.19. The van der Waals surface area contributed by atoms with Crippen LogP contribution in [0.15, 0.2) is 24.3 Å². The third-order valence-electron chi connectivity index (χ3n) is 2.94. The van der Waals surface area contributed by atoms with Crippen LogP contribution in [0.2, 0.25) is 5.02 Å². The molecule has 82 valence electrons. The molecule has 2 rings (SSSR count). The van der Waals surface area contributed by atoms with Crippen LogP contribution < -0.4 is 5.32 Å². The van der Waals surface area contributed by atoms with Gasteiger partial charge in [0.15, 0.2) is 0 Å². The van der Waals surface area contributed by atoms with E-state index in [1.165, 1.54) is 5.56 Å². The molecule has 0 aliphatic heterocycles. The van der Waals surface area contributed by atoms with Crippen molar-refractivity contribution in [1.82, 2.24) is 5.32 Å². The third-order valence-corrected chi connectivity index (χ3v) is 3.17. The predicted molar refractivity (Wildman–Crippen MR) is 61.9 cm³/mol. The summed E-state index contributed by atoms with van der Waals surface area (Å²) in [7, 11) is 0. The molecule has 0 heterocycles. The maximum absolute atomic E-state index is 9.63. The molecule has 0 saturated heterocycles. The highest BCUT2D eigenvalue weighted by molar-refractivity contribution is 6.30. The number of benzene rings is 1. The molecule has 2 atom stereocenters. The lowest BCUT2D eigenvalue weighted by atomic mass is 10.2. The van der Waals surface area contributed by atoms with E-state index in [-0.39, 0.29) is 12.1 Å². The van der Waals surface area contributed by atoms with Gasteiger partial charge in [-0.2, -0.15) is 0 Å². The average Bonchev–Trinajstić information content (AvgIpc) is 2.61. The molecule has 1 aromatic carbocycles. The van der Waals surface area contributed by atoms with Gasteiger partial charge in [0.1, 0.15) is 0 Å². The van der Waals surface area contributed by atoms with Crippen LogP contribution in [0.5, 0.6) is 0 Å². The number of hydrogen-bond acceptors (Lipinski definition) is 2. The van der Waals surface area contributed by atoms with Gasteiger partial charge in [-0.3, -0.25) is 0 Å². The molecule has 1 aliphatic rings. The van der Waals surface area contributed by atoms with Crippen LogP contribution in [-0.4, -0.2) is 17.3 Å². The van der Waals surface area contributed by atoms with Gasteiger partial charge in [0, 0.05) is 17.6 Å². The minimum absolute atomic E-state index is 0.177. The molecule has 0 radical (unpaired) electrons. The fourth-order valence-electron chi connectivity index (χ4n) is 2.07. The van der Waals surface area contributed by atoms with Crippen LogP contribution in [0.4, 0.5) is 0 Å². The van der Waals surface area contributed by atoms with Crippen LogP contribution in [0.3, 0.4) is 0 Å². The van der Waals surface area contributed by atoms with Crippen LogP contribution in [-0.2, 0) is 6.54 Å². The van der Waals surface area contributed by atoms with Crippen molar-refractivity contribution in [3.05, 3.63) is 34.9 Å². The van der Waals surface area contributed by atoms with E-state index in [1.54, 1.807) is 0 Å². The van der Waals surface area contributed by atoms with Gasteiger partial charge in [-0.05, 0) is 37.0 Å². The molecular weight excluding hydrogens is 210 g/mol. The maximum Gasteiger partial charge on any atom is 0.0693 e. The highest BCUT2D eigenvalue weighted by atomic mass is 35.5. The fourth-order valence-corrected chi connectivity index (χ4v) is 2.29. The summed E-state index contributed by atoms with van der Waals surface area (Å²) in [5.41, 5.74) is 1.17. The van der Waals surface area contributed by atoms with Gasteiger partial charge < -0.3 is 10.4 Å². The summed E-state index contributed by atoms with van der Waals surface area (Å²) in [6, 6.07) is 8.07. The molecule has 1 aliphatic carbocycles. The molecule has 1 fully saturated rings. The zero-order chi connectivity index (χ0) is 10.7. The van der Waals surface area contributed by atoms with E-state index in [2.05, 4.69) is 5.32 Å². The van der Waals surface area contributed by atoms with E-state index in [0.717, 1.165) is 30.8 Å². The second-order valence-corrected chi connectivity index (χ2v) is 4.55. The molecule has 15 heavy (non-hydrogen) atoms. The molecule has 0 amide bonds. The van der Waals surface area contributed by atoms with Crippen molar-refractivity contribution < 1.29 is 5.11 Å². The Morgan fingerprint density at radius 3 is 2.93 bits per heavy atom. The van der Waals surface area contributed by atoms with Gasteiger partial charge >= 0.3 is 0 Å². The number of hydrogen-bond donors (Lipinski definition) is 2. The van der Waals surface area contributed by atoms with Crippen LogP contribution >= 0.6 is 11.6 Å². The summed E-state index contributed by atoms with van der Waals surface area (Å²) < 4.78 is 0. The lowest BCUT2D eigenvalue weighted by molar-refractivity contribution is 0.148. The zero-order valence-electron chi connectivity index (χ0n) is 8.62. The van der Waals surface area contributed by atoms with E-state index in [1.807, 2.05) is 24.3 Å². The molecule has 2 N–H and O–H groups in total. The Kier molecular flexibility index (Phi) is 3.62. The van der Waals surface area contributed by atoms with Gasteiger partial charge in [0.2, 0.25) is 0 Å². The van der Waals surface area contributed by atoms with Crippen LogP contribution in [0.1, 0.15) is 24.8 Å². The molecule has 1 saturated carbocycles. The second-order valence-electron chi connectivity index (χ2n) is 4.12. The van der Waals surface area contributed by atoms with E-state index in [9.17, 15) is 5.11 Å². The number of aliphatic hydroxyl groups excluding tert-OH is 1. The Hall–Kier alpha value is -0.570. The van der Waals surface area contributed by atoms with Gasteiger partial charge in [-0.1, -0.05) is 23.7 Å². The van der Waals surface area contributed by atoms with Crippen LogP contribution in [0.25, 0.3) is 0 Å². The summed E-state index contributed by atoms with van der Waals surface area (Å²) in [5.74, 6) is 0. The van der Waals surface area contributed by atoms with E-state index < -0.39 is 0 Å². The normalized spacial score (nSPS) is 25.7. The first-order chi connectivity index (χ1) is 7.25. The maximum atomic E-state index is 9.63. The smallest absolute Gasteiger partial charge is 0.0693 e. The van der Waals surface area contributed by atoms with Gasteiger partial charge in [-0.25, -0.2) is 0 Å². The summed E-state index contributed by atoms with van der Waals surface area (Å²) in [6.07, 6.45) is 2.94. The summed E-state index contributed by atoms with van der Waals surface area (Å²) in [6.45, 7) is 0.780. The third kappa shape index (κ3) is 2.94. The Morgan fingerprint density at radius 2 is 2.27 bits per heavy atom. The zero-order valence-corrected chi connectivity index (χ0v) is 9.37. The van der Waals surface area contributed by atoms with Crippen molar-refractivity contribution in [2.75, 3.05) is 0 Å². The van der Waals surface area contributed by atoms with Gasteiger partial charge in [0.05, 0.1) is 6.10 Å². The first kappa shape index (κ1) is 10.9. The Morgan fingerprint density at radius 1 is 1.40 bits per heavy atom. The molecular formula is C12H16ClNO. The Balaban J connectivity index is 1.87. The SMILES string of the molecule is O[C@H]1CCC[C@@H]1NCc1cccc(Cl)c1. The molecule has 0 spiro atoms. The highest BCUT2D eigenvalue weighted by Gasteiger charge is 2.24. The number of rotatable bonds is 3. The molecule has 1 aromatic rings. The summed E-state index contributed by atoms with van der Waals surface area (Å²) in [4.78, 5) is 0. The number of nitrogens with one attached hydrogen (secondary N) is 1. The van der Waals surface area contributed by atoms with Crippen molar-refractivity contribution in [3.63, 3.8) is 0 Å². The Bertz CT molecular complexity index is 329. The largest absolute Gasteiger partial charge is 0.392 e. The second kappa shape index (κ2) is 4.97. The summed E-state index contributed by atoms with van der Waals surface area (Å²) >= 11 is 5.89. The molecule has 2 nitrogen and oxygen atoms in total. The fraction of sp³-hybridized carbons (Fsp3) is 0.500. The van der Waals surface area contributed by atoms with E-state index in [4.69, 9.17) is 11.6 Å². The van der Waals surface area contributed by atoms with E-state index >= 15 is 0 Å². The first-order valence-electron chi connectivity index (χ1n) is 5.41. The topological polar surface area (TPSA) is 32.3 Å². The standard InChI is InChI=1S/C12H16ClNO/c13-10-4-1-3-9(7-10)8-14-11-5-2-6-12(11)15/h1,3-4,7,11-12,14-15H,2,5-6,8H2/t11-,12-/m0/s1. The summed E-state index contributed by atoms with van der Waals surface area (Å²) in [5, 5.41) is 13.8. The lowest BCUT2D eigenvalue weighted by Crippen LogP contribution is -2.34. The quantitative estimate of drug-likeness (QED) is 0.828. The number of aliphatic hydroxyl groups is 1. The minimum atomic E-state index is -0.177. The van der Waals surface area contributed by atoms with Crippen molar-refractivity contribution in [2.45, 2.75) is 38.0 Å². The molecule has 0 aromatic heterocycles. The molecule has 3 heteroatoms. The Labute approximate surface area is 95.3 Å². The predicted octanol–water partition coefficient (Wildman–Crippen LogP) is 2.34. The van der Waals surface area contributed by atoms with E-state index in [0.29, 0.717) is 0 Å². The average molecular weight is 226 g/mol. The van der Waals surface area contributed by atoms with Gasteiger partial charge in [0.25, 0.3) is 0 Å². The monoisotopic (exact) mass is 225 g/mol. The lowest BCUT2D eigenvalue weighted by Gasteiger charge is -2.16. The first-order valence-corrected chi connectivity index (χ1v) is 5.79. The number of halogens is 1.